The van der Waals surface area contributed by atoms with Gasteiger partial charge >= 0.3 is 5.97 Å². The van der Waals surface area contributed by atoms with E-state index in [1.807, 2.05) is 16.8 Å². The molecule has 0 aliphatic heterocycles. The number of hydrogen-bond donors (Lipinski definition) is 0. The molecule has 1 heterocycles. The van der Waals surface area contributed by atoms with E-state index in [1.165, 1.54) is 32.1 Å². The highest BCUT2D eigenvalue weighted by atomic mass is 16.5. The van der Waals surface area contributed by atoms with Crippen LogP contribution in [0.4, 0.5) is 0 Å². The molecular formula is C15H22N2O2. The molecule has 0 spiro atoms. The van der Waals surface area contributed by atoms with Crippen molar-refractivity contribution in [3.8, 4) is 0 Å². The molecule has 104 valence electrons. The third-order valence-electron chi connectivity index (χ3n) is 3.82. The number of aromatic nitrogens is 2. The van der Waals surface area contributed by atoms with Crippen molar-refractivity contribution in [2.24, 2.45) is 5.92 Å². The number of carbonyl (C=O) groups excluding carboxylic acids is 1. The minimum absolute atomic E-state index is 0.141. The monoisotopic (exact) mass is 262 g/mol. The van der Waals surface area contributed by atoms with Crippen molar-refractivity contribution in [3.05, 3.63) is 30.9 Å². The summed E-state index contributed by atoms with van der Waals surface area (Å²) in [5.41, 5.74) is 0. The molecule has 0 unspecified atom stereocenters. The first-order valence-electron chi connectivity index (χ1n) is 7.10. The van der Waals surface area contributed by atoms with E-state index in [1.54, 1.807) is 13.1 Å². The standard InChI is InChI=1S/C15H22N2O2/c1-3-13(12-8-6-5-7-9-12)17-11-10-16-14(17)15(18)19-4-2/h3,10-13H,1,4-9H2,2H3/t13-/m0/s1. The van der Waals surface area contributed by atoms with Crippen LogP contribution in [0.2, 0.25) is 0 Å². The predicted octanol–water partition coefficient (Wildman–Crippen LogP) is 3.37. The molecule has 0 radical (unpaired) electrons. The van der Waals surface area contributed by atoms with Gasteiger partial charge in [0, 0.05) is 12.4 Å². The third-order valence-corrected chi connectivity index (χ3v) is 3.82. The molecule has 1 saturated carbocycles. The van der Waals surface area contributed by atoms with Crippen LogP contribution in [-0.4, -0.2) is 22.1 Å². The van der Waals surface area contributed by atoms with Gasteiger partial charge in [0.25, 0.3) is 0 Å². The molecule has 0 saturated heterocycles. The van der Waals surface area contributed by atoms with Crippen molar-refractivity contribution in [3.63, 3.8) is 0 Å². The number of rotatable bonds is 5. The Morgan fingerprint density at radius 3 is 2.95 bits per heavy atom. The molecule has 1 aromatic rings. The van der Waals surface area contributed by atoms with E-state index < -0.39 is 0 Å². The maximum absolute atomic E-state index is 11.9. The second-order valence-corrected chi connectivity index (χ2v) is 5.00. The lowest BCUT2D eigenvalue weighted by molar-refractivity contribution is 0.0502. The summed E-state index contributed by atoms with van der Waals surface area (Å²) in [6.07, 6.45) is 11.7. The summed E-state index contributed by atoms with van der Waals surface area (Å²) >= 11 is 0. The fourth-order valence-electron chi connectivity index (χ4n) is 2.92. The lowest BCUT2D eigenvalue weighted by Crippen LogP contribution is -2.23. The zero-order valence-electron chi connectivity index (χ0n) is 11.5. The first-order chi connectivity index (χ1) is 9.27. The summed E-state index contributed by atoms with van der Waals surface area (Å²) in [5, 5.41) is 0. The molecule has 0 bridgehead atoms. The van der Waals surface area contributed by atoms with Gasteiger partial charge in [-0.05, 0) is 25.7 Å². The Bertz CT molecular complexity index is 433. The highest BCUT2D eigenvalue weighted by Gasteiger charge is 2.26. The summed E-state index contributed by atoms with van der Waals surface area (Å²) in [7, 11) is 0. The number of allylic oxidation sites excluding steroid dienone is 1. The van der Waals surface area contributed by atoms with E-state index in [-0.39, 0.29) is 12.0 Å². The van der Waals surface area contributed by atoms with Gasteiger partial charge in [0.1, 0.15) is 0 Å². The van der Waals surface area contributed by atoms with Gasteiger partial charge in [0.15, 0.2) is 0 Å². The molecule has 0 amide bonds. The minimum atomic E-state index is -0.352. The normalized spacial score (nSPS) is 17.9. The Morgan fingerprint density at radius 2 is 2.32 bits per heavy atom. The third kappa shape index (κ3) is 3.06. The SMILES string of the molecule is C=C[C@@H](C1CCCCC1)n1ccnc1C(=O)OCC. The molecule has 1 aromatic heterocycles. The van der Waals surface area contributed by atoms with Crippen LogP contribution in [-0.2, 0) is 4.74 Å². The number of carbonyl (C=O) groups is 1. The molecule has 4 heteroatoms. The fraction of sp³-hybridized carbons (Fsp3) is 0.600. The molecular weight excluding hydrogens is 240 g/mol. The number of esters is 1. The summed E-state index contributed by atoms with van der Waals surface area (Å²) in [6.45, 7) is 6.11. The number of ether oxygens (including phenoxy) is 1. The van der Waals surface area contributed by atoms with Crippen LogP contribution in [0, 0.1) is 5.92 Å². The van der Waals surface area contributed by atoms with E-state index in [0.29, 0.717) is 18.3 Å². The van der Waals surface area contributed by atoms with Gasteiger partial charge in [-0.2, -0.15) is 0 Å². The van der Waals surface area contributed by atoms with Crippen LogP contribution in [0.15, 0.2) is 25.0 Å². The van der Waals surface area contributed by atoms with Crippen LogP contribution in [0.25, 0.3) is 0 Å². The van der Waals surface area contributed by atoms with Gasteiger partial charge in [0.2, 0.25) is 5.82 Å². The molecule has 19 heavy (non-hydrogen) atoms. The van der Waals surface area contributed by atoms with Gasteiger partial charge in [-0.3, -0.25) is 0 Å². The molecule has 2 rings (SSSR count). The topological polar surface area (TPSA) is 44.1 Å². The van der Waals surface area contributed by atoms with Gasteiger partial charge in [0.05, 0.1) is 12.6 Å². The van der Waals surface area contributed by atoms with Crippen molar-refractivity contribution >= 4 is 5.97 Å². The maximum Gasteiger partial charge on any atom is 0.374 e. The van der Waals surface area contributed by atoms with Gasteiger partial charge < -0.3 is 9.30 Å². The number of imidazole rings is 1. The lowest BCUT2D eigenvalue weighted by atomic mass is 9.84. The average molecular weight is 262 g/mol. The Balaban J connectivity index is 2.20. The maximum atomic E-state index is 11.9. The molecule has 1 aliphatic rings. The van der Waals surface area contributed by atoms with E-state index >= 15 is 0 Å². The molecule has 4 nitrogen and oxygen atoms in total. The van der Waals surface area contributed by atoms with Crippen molar-refractivity contribution in [1.29, 1.82) is 0 Å². The van der Waals surface area contributed by atoms with Crippen molar-refractivity contribution < 1.29 is 9.53 Å². The lowest BCUT2D eigenvalue weighted by Gasteiger charge is -2.29. The van der Waals surface area contributed by atoms with Gasteiger partial charge in [-0.25, -0.2) is 9.78 Å². The molecule has 1 aliphatic carbocycles. The molecule has 0 aromatic carbocycles. The Kier molecular flexibility index (Phi) is 4.77. The first-order valence-corrected chi connectivity index (χ1v) is 7.10. The van der Waals surface area contributed by atoms with E-state index in [2.05, 4.69) is 11.6 Å². The van der Waals surface area contributed by atoms with E-state index in [4.69, 9.17) is 4.74 Å². The number of nitrogens with zero attached hydrogens (tertiary/aromatic N) is 2. The Labute approximate surface area is 114 Å². The summed E-state index contributed by atoms with van der Waals surface area (Å²) < 4.78 is 6.97. The minimum Gasteiger partial charge on any atom is -0.460 e. The second-order valence-electron chi connectivity index (χ2n) is 5.00. The van der Waals surface area contributed by atoms with Crippen molar-refractivity contribution in [2.45, 2.75) is 45.1 Å². The first kappa shape index (κ1) is 13.8. The highest BCUT2D eigenvalue weighted by molar-refractivity contribution is 5.85. The summed E-state index contributed by atoms with van der Waals surface area (Å²) in [4.78, 5) is 16.0. The Hall–Kier alpha value is -1.58. The zero-order valence-corrected chi connectivity index (χ0v) is 11.5. The highest BCUT2D eigenvalue weighted by Crippen LogP contribution is 2.34. The predicted molar refractivity (Wildman–Crippen MR) is 74.0 cm³/mol. The molecule has 1 fully saturated rings. The second kappa shape index (κ2) is 6.55. The van der Waals surface area contributed by atoms with E-state index in [9.17, 15) is 4.79 Å². The van der Waals surface area contributed by atoms with Crippen LogP contribution in [0.1, 0.15) is 55.7 Å². The quantitative estimate of drug-likeness (QED) is 0.603. The Morgan fingerprint density at radius 1 is 1.58 bits per heavy atom. The molecule has 0 N–H and O–H groups in total. The summed E-state index contributed by atoms with van der Waals surface area (Å²) in [5.74, 6) is 0.584. The molecule has 1 atom stereocenters. The van der Waals surface area contributed by atoms with E-state index in [0.717, 1.165) is 0 Å². The van der Waals surface area contributed by atoms with Crippen molar-refractivity contribution in [2.75, 3.05) is 6.61 Å². The van der Waals surface area contributed by atoms with Gasteiger partial charge in [-0.15, -0.1) is 6.58 Å². The van der Waals surface area contributed by atoms with Crippen LogP contribution in [0.3, 0.4) is 0 Å². The summed E-state index contributed by atoms with van der Waals surface area (Å²) in [6, 6.07) is 0.141. The fourth-order valence-corrected chi connectivity index (χ4v) is 2.92. The van der Waals surface area contributed by atoms with Crippen LogP contribution >= 0.6 is 0 Å². The smallest absolute Gasteiger partial charge is 0.374 e. The zero-order chi connectivity index (χ0) is 13.7. The average Bonchev–Trinajstić information content (AvgIpc) is 2.90. The van der Waals surface area contributed by atoms with Crippen LogP contribution in [0.5, 0.6) is 0 Å². The van der Waals surface area contributed by atoms with Gasteiger partial charge in [-0.1, -0.05) is 25.3 Å². The largest absolute Gasteiger partial charge is 0.460 e. The van der Waals surface area contributed by atoms with Crippen LogP contribution < -0.4 is 0 Å². The number of hydrogen-bond acceptors (Lipinski definition) is 3. The van der Waals surface area contributed by atoms with Crippen molar-refractivity contribution in [1.82, 2.24) is 9.55 Å².